The molecule has 0 unspecified atom stereocenters. The van der Waals surface area contributed by atoms with Crippen LogP contribution in [0.2, 0.25) is 0 Å². The Balaban J connectivity index is 1.56. The SMILES string of the molecule is CC1CCC(CCc2nnc(-c3ccc(F)cc3)s2)CC1. The first kappa shape index (κ1) is 14.6. The minimum Gasteiger partial charge on any atom is -0.207 e. The van der Waals surface area contributed by atoms with Crippen LogP contribution in [0.15, 0.2) is 24.3 Å². The number of hydrogen-bond donors (Lipinski definition) is 0. The second-order valence-electron chi connectivity index (χ2n) is 6.17. The molecular weight excluding hydrogens is 283 g/mol. The Kier molecular flexibility index (Phi) is 4.63. The molecule has 1 aromatic carbocycles. The van der Waals surface area contributed by atoms with Crippen LogP contribution in [-0.2, 0) is 6.42 Å². The third kappa shape index (κ3) is 3.88. The molecule has 1 fully saturated rings. The minimum atomic E-state index is -0.213. The lowest BCUT2D eigenvalue weighted by Gasteiger charge is -2.25. The zero-order valence-electron chi connectivity index (χ0n) is 12.4. The molecule has 0 N–H and O–H groups in total. The van der Waals surface area contributed by atoms with E-state index in [2.05, 4.69) is 17.1 Å². The van der Waals surface area contributed by atoms with Crippen LogP contribution in [0.5, 0.6) is 0 Å². The quantitative estimate of drug-likeness (QED) is 0.785. The maximum Gasteiger partial charge on any atom is 0.147 e. The molecule has 1 aliphatic carbocycles. The molecule has 2 nitrogen and oxygen atoms in total. The highest BCUT2D eigenvalue weighted by Crippen LogP contribution is 2.32. The molecule has 0 amide bonds. The monoisotopic (exact) mass is 304 g/mol. The third-order valence-electron chi connectivity index (χ3n) is 4.46. The van der Waals surface area contributed by atoms with Crippen LogP contribution in [0.1, 0.15) is 44.0 Å². The predicted octanol–water partition coefficient (Wildman–Crippen LogP) is 5.10. The molecule has 0 saturated heterocycles. The van der Waals surface area contributed by atoms with Crippen LogP contribution >= 0.6 is 11.3 Å². The molecule has 3 rings (SSSR count). The van der Waals surface area contributed by atoms with Crippen molar-refractivity contribution in [3.05, 3.63) is 35.1 Å². The Morgan fingerprint density at radius 1 is 1.10 bits per heavy atom. The van der Waals surface area contributed by atoms with Gasteiger partial charge in [-0.25, -0.2) is 4.39 Å². The summed E-state index contributed by atoms with van der Waals surface area (Å²) in [6, 6.07) is 6.48. The van der Waals surface area contributed by atoms with E-state index >= 15 is 0 Å². The summed E-state index contributed by atoms with van der Waals surface area (Å²) in [5.41, 5.74) is 0.951. The first-order chi connectivity index (χ1) is 10.2. The normalized spacial score (nSPS) is 22.4. The summed E-state index contributed by atoms with van der Waals surface area (Å²) in [4.78, 5) is 0. The van der Waals surface area contributed by atoms with E-state index in [1.165, 1.54) is 44.2 Å². The van der Waals surface area contributed by atoms with Crippen molar-refractivity contribution in [1.82, 2.24) is 10.2 Å². The molecule has 1 heterocycles. The van der Waals surface area contributed by atoms with Crippen molar-refractivity contribution in [3.8, 4) is 10.6 Å². The van der Waals surface area contributed by atoms with E-state index in [0.717, 1.165) is 33.8 Å². The molecule has 0 bridgehead atoms. The largest absolute Gasteiger partial charge is 0.207 e. The van der Waals surface area contributed by atoms with E-state index in [1.54, 1.807) is 23.5 Å². The van der Waals surface area contributed by atoms with Gasteiger partial charge in [0, 0.05) is 12.0 Å². The zero-order chi connectivity index (χ0) is 14.7. The Bertz CT molecular complexity index is 571. The molecule has 1 saturated carbocycles. The van der Waals surface area contributed by atoms with E-state index < -0.39 is 0 Å². The van der Waals surface area contributed by atoms with Gasteiger partial charge >= 0.3 is 0 Å². The fourth-order valence-corrected chi connectivity index (χ4v) is 3.87. The Labute approximate surface area is 129 Å². The van der Waals surface area contributed by atoms with E-state index in [0.29, 0.717) is 0 Å². The number of rotatable bonds is 4. The molecule has 0 atom stereocenters. The van der Waals surface area contributed by atoms with Crippen LogP contribution in [0.3, 0.4) is 0 Å². The summed E-state index contributed by atoms with van der Waals surface area (Å²) in [6.45, 7) is 2.36. The van der Waals surface area contributed by atoms with Crippen molar-refractivity contribution in [1.29, 1.82) is 0 Å². The van der Waals surface area contributed by atoms with Crippen molar-refractivity contribution in [2.45, 2.75) is 45.4 Å². The molecule has 0 aliphatic heterocycles. The molecular formula is C17H21FN2S. The van der Waals surface area contributed by atoms with Crippen molar-refractivity contribution >= 4 is 11.3 Å². The molecule has 0 spiro atoms. The van der Waals surface area contributed by atoms with Gasteiger partial charge in [-0.3, -0.25) is 0 Å². The summed E-state index contributed by atoms with van der Waals surface area (Å²) < 4.78 is 12.9. The fourth-order valence-electron chi connectivity index (χ4n) is 3.01. The first-order valence-corrected chi connectivity index (χ1v) is 8.60. The Morgan fingerprint density at radius 3 is 2.52 bits per heavy atom. The molecule has 1 aromatic heterocycles. The van der Waals surface area contributed by atoms with Crippen molar-refractivity contribution in [2.75, 3.05) is 0 Å². The van der Waals surface area contributed by atoms with E-state index in [1.807, 2.05) is 0 Å². The number of benzene rings is 1. The van der Waals surface area contributed by atoms with Gasteiger partial charge < -0.3 is 0 Å². The Hall–Kier alpha value is -1.29. The van der Waals surface area contributed by atoms with Gasteiger partial charge in [0.1, 0.15) is 15.8 Å². The van der Waals surface area contributed by atoms with Gasteiger partial charge in [-0.1, -0.05) is 43.9 Å². The van der Waals surface area contributed by atoms with Gasteiger partial charge in [-0.2, -0.15) is 0 Å². The molecule has 112 valence electrons. The number of hydrogen-bond acceptors (Lipinski definition) is 3. The first-order valence-electron chi connectivity index (χ1n) is 7.79. The van der Waals surface area contributed by atoms with Crippen LogP contribution in [0.25, 0.3) is 10.6 Å². The molecule has 0 radical (unpaired) electrons. The summed E-state index contributed by atoms with van der Waals surface area (Å²) in [6.07, 6.45) is 7.74. The second-order valence-corrected chi connectivity index (χ2v) is 7.23. The van der Waals surface area contributed by atoms with Crippen molar-refractivity contribution < 1.29 is 4.39 Å². The standard InChI is InChI=1S/C17H21FN2S/c1-12-2-4-13(5-3-12)6-11-16-19-20-17(21-16)14-7-9-15(18)10-8-14/h7-10,12-13H,2-6,11H2,1H3. The fraction of sp³-hybridized carbons (Fsp3) is 0.529. The molecule has 4 heteroatoms. The highest BCUT2D eigenvalue weighted by atomic mass is 32.1. The third-order valence-corrected chi connectivity index (χ3v) is 5.49. The van der Waals surface area contributed by atoms with Crippen LogP contribution < -0.4 is 0 Å². The molecule has 1 aliphatic rings. The van der Waals surface area contributed by atoms with E-state index in [4.69, 9.17) is 0 Å². The van der Waals surface area contributed by atoms with E-state index in [-0.39, 0.29) is 5.82 Å². The summed E-state index contributed by atoms with van der Waals surface area (Å²) >= 11 is 1.64. The maximum atomic E-state index is 12.9. The lowest BCUT2D eigenvalue weighted by molar-refractivity contribution is 0.277. The molecule has 21 heavy (non-hydrogen) atoms. The highest BCUT2D eigenvalue weighted by molar-refractivity contribution is 7.14. The number of halogens is 1. The van der Waals surface area contributed by atoms with Crippen LogP contribution in [-0.4, -0.2) is 10.2 Å². The summed E-state index contributed by atoms with van der Waals surface area (Å²) in [5.74, 6) is 1.56. The smallest absolute Gasteiger partial charge is 0.147 e. The predicted molar refractivity (Wildman–Crippen MR) is 84.7 cm³/mol. The topological polar surface area (TPSA) is 25.8 Å². The molecule has 2 aromatic rings. The van der Waals surface area contributed by atoms with Crippen molar-refractivity contribution in [3.63, 3.8) is 0 Å². The van der Waals surface area contributed by atoms with E-state index in [9.17, 15) is 4.39 Å². The average Bonchev–Trinajstić information content (AvgIpc) is 2.96. The lowest BCUT2D eigenvalue weighted by atomic mass is 9.81. The highest BCUT2D eigenvalue weighted by Gasteiger charge is 2.18. The lowest BCUT2D eigenvalue weighted by Crippen LogP contribution is -2.12. The van der Waals surface area contributed by atoms with Crippen molar-refractivity contribution in [2.24, 2.45) is 11.8 Å². The second kappa shape index (κ2) is 6.65. The zero-order valence-corrected chi connectivity index (χ0v) is 13.2. The summed E-state index contributed by atoms with van der Waals surface area (Å²) in [5, 5.41) is 10.5. The van der Waals surface area contributed by atoms with Gasteiger partial charge in [0.25, 0.3) is 0 Å². The minimum absolute atomic E-state index is 0.213. The number of aryl methyl sites for hydroxylation is 1. The number of nitrogens with zero attached hydrogens (tertiary/aromatic N) is 2. The van der Waals surface area contributed by atoms with Crippen LogP contribution in [0.4, 0.5) is 4.39 Å². The average molecular weight is 304 g/mol. The van der Waals surface area contributed by atoms with Gasteiger partial charge in [-0.05, 0) is 42.5 Å². The van der Waals surface area contributed by atoms with Crippen LogP contribution in [0, 0.1) is 17.7 Å². The van der Waals surface area contributed by atoms with Gasteiger partial charge in [0.05, 0.1) is 0 Å². The van der Waals surface area contributed by atoms with Gasteiger partial charge in [-0.15, -0.1) is 10.2 Å². The Morgan fingerprint density at radius 2 is 1.81 bits per heavy atom. The maximum absolute atomic E-state index is 12.9. The van der Waals surface area contributed by atoms with Gasteiger partial charge in [0.2, 0.25) is 0 Å². The van der Waals surface area contributed by atoms with Gasteiger partial charge in [0.15, 0.2) is 0 Å². The summed E-state index contributed by atoms with van der Waals surface area (Å²) in [7, 11) is 0. The number of aromatic nitrogens is 2.